The van der Waals surface area contributed by atoms with Crippen LogP contribution in [0.25, 0.3) is 11.0 Å². The molecule has 6 rings (SSSR count). The molecule has 11 nitrogen and oxygen atoms in total. The van der Waals surface area contributed by atoms with Crippen molar-refractivity contribution in [3.63, 3.8) is 0 Å². The fraction of sp³-hybridized carbons (Fsp3) is 0.333. The van der Waals surface area contributed by atoms with Gasteiger partial charge < -0.3 is 15.2 Å². The predicted molar refractivity (Wildman–Crippen MR) is 136 cm³/mol. The van der Waals surface area contributed by atoms with Gasteiger partial charge in [-0.25, -0.2) is 17.5 Å². The fourth-order valence-corrected chi connectivity index (χ4v) is 6.21. The van der Waals surface area contributed by atoms with Crippen LogP contribution in [0.3, 0.4) is 0 Å². The summed E-state index contributed by atoms with van der Waals surface area (Å²) in [5.41, 5.74) is 1.83. The number of H-pyrrole nitrogens is 1. The minimum atomic E-state index is -3.34. The maximum Gasteiger partial charge on any atom is 0.231 e. The normalized spacial score (nSPS) is 18.0. The van der Waals surface area contributed by atoms with Crippen LogP contribution in [-0.4, -0.2) is 63.3 Å². The highest BCUT2D eigenvalue weighted by atomic mass is 32.2. The molecule has 192 valence electrons. The molecule has 0 bridgehead atoms. The van der Waals surface area contributed by atoms with Gasteiger partial charge in [0.2, 0.25) is 16.0 Å². The molecule has 3 N–H and O–H groups in total. The van der Waals surface area contributed by atoms with Crippen LogP contribution in [0.5, 0.6) is 0 Å². The molecule has 2 fully saturated rings. The van der Waals surface area contributed by atoms with Crippen LogP contribution in [-0.2, 0) is 17.1 Å². The van der Waals surface area contributed by atoms with Gasteiger partial charge in [-0.1, -0.05) is 0 Å². The fourth-order valence-electron chi connectivity index (χ4n) is 4.61. The molecule has 4 heterocycles. The minimum absolute atomic E-state index is 0.263. The van der Waals surface area contributed by atoms with Crippen molar-refractivity contribution in [2.24, 2.45) is 7.05 Å². The first-order valence-electron chi connectivity index (χ1n) is 12.0. The van der Waals surface area contributed by atoms with Crippen LogP contribution >= 0.6 is 0 Å². The van der Waals surface area contributed by atoms with E-state index in [4.69, 9.17) is 4.98 Å². The Hall–Kier alpha value is -3.84. The molecule has 0 spiro atoms. The molecule has 37 heavy (non-hydrogen) atoms. The summed E-state index contributed by atoms with van der Waals surface area (Å²) < 4.78 is 42.9. The van der Waals surface area contributed by atoms with Gasteiger partial charge in [0.1, 0.15) is 17.3 Å². The number of aryl methyl sites for hydroxylation is 1. The first kappa shape index (κ1) is 23.6. The summed E-state index contributed by atoms with van der Waals surface area (Å²) in [6.07, 6.45) is 6.99. The first-order chi connectivity index (χ1) is 17.8. The number of hydrogen-bond acceptors (Lipinski definition) is 8. The molecule has 2 aliphatic rings. The monoisotopic (exact) mass is 524 g/mol. The molecule has 3 aromatic heterocycles. The largest absolute Gasteiger partial charge is 0.354 e. The van der Waals surface area contributed by atoms with Gasteiger partial charge in [0.25, 0.3) is 0 Å². The van der Waals surface area contributed by atoms with E-state index in [0.717, 1.165) is 0 Å². The Morgan fingerprint density at radius 2 is 1.95 bits per heavy atom. The molecule has 0 radical (unpaired) electrons. The maximum atomic E-state index is 13.4. The molecule has 13 heteroatoms. The number of anilines is 3. The van der Waals surface area contributed by atoms with Crippen molar-refractivity contribution in [3.05, 3.63) is 59.8 Å². The number of aromatic amines is 1. The number of sulfonamides is 1. The number of carbonyl (C=O) groups is 1. The number of ketones is 1. The first-order valence-corrected chi connectivity index (χ1v) is 13.5. The van der Waals surface area contributed by atoms with E-state index in [-0.39, 0.29) is 17.1 Å². The van der Waals surface area contributed by atoms with Crippen molar-refractivity contribution in [1.29, 1.82) is 0 Å². The third-order valence-corrected chi connectivity index (χ3v) is 8.62. The number of aromatic nitrogens is 5. The van der Waals surface area contributed by atoms with Crippen LogP contribution < -0.4 is 14.9 Å². The highest BCUT2D eigenvalue weighted by Gasteiger charge is 2.38. The lowest BCUT2D eigenvalue weighted by Gasteiger charge is -2.20. The SMILES string of the molecule is Cn1cc(Nc2nc(N3CCC(NS(=O)(=O)C4CC4)C3)c3c(C(=O)c4ccc(F)cc4)c[nH]c3n2)cn1. The Labute approximate surface area is 212 Å². The van der Waals surface area contributed by atoms with Crippen molar-refractivity contribution in [3.8, 4) is 0 Å². The maximum absolute atomic E-state index is 13.4. The molecular formula is C24H25FN8O3S. The summed E-state index contributed by atoms with van der Waals surface area (Å²) in [5.74, 6) is 0.0907. The van der Waals surface area contributed by atoms with Crippen molar-refractivity contribution in [1.82, 2.24) is 29.5 Å². The number of rotatable bonds is 8. The smallest absolute Gasteiger partial charge is 0.231 e. The van der Waals surface area contributed by atoms with E-state index >= 15 is 0 Å². The Bertz CT molecular complexity index is 1590. The Morgan fingerprint density at radius 3 is 2.65 bits per heavy atom. The average molecular weight is 525 g/mol. The molecule has 0 amide bonds. The summed E-state index contributed by atoms with van der Waals surface area (Å²) in [5, 5.41) is 7.51. The number of hydrogen-bond donors (Lipinski definition) is 3. The number of nitrogens with zero attached hydrogens (tertiary/aromatic N) is 5. The summed E-state index contributed by atoms with van der Waals surface area (Å²) in [7, 11) is -1.54. The zero-order valence-corrected chi connectivity index (χ0v) is 20.8. The average Bonchev–Trinajstić information content (AvgIpc) is 3.31. The van der Waals surface area contributed by atoms with E-state index in [1.54, 1.807) is 30.3 Å². The third-order valence-electron chi connectivity index (χ3n) is 6.61. The van der Waals surface area contributed by atoms with Crippen LogP contribution in [0.4, 0.5) is 21.8 Å². The van der Waals surface area contributed by atoms with Crippen LogP contribution in [0.15, 0.2) is 42.9 Å². The van der Waals surface area contributed by atoms with Gasteiger partial charge in [-0.3, -0.25) is 9.48 Å². The van der Waals surface area contributed by atoms with Gasteiger partial charge in [-0.05, 0) is 43.5 Å². The zero-order chi connectivity index (χ0) is 25.7. The standard InChI is InChI=1S/C24H25FN8O3S/c1-32-12-17(10-27-32)28-24-29-22-20(19(11-26-22)21(34)14-2-4-15(25)5-3-14)23(30-24)33-9-8-16(13-33)31-37(35,36)18-6-7-18/h2-5,10-12,16,18,31H,6-9,13H2,1H3,(H2,26,28,29,30). The quantitative estimate of drug-likeness (QED) is 0.299. The van der Waals surface area contributed by atoms with E-state index in [1.807, 2.05) is 4.90 Å². The van der Waals surface area contributed by atoms with Gasteiger partial charge in [-0.2, -0.15) is 15.1 Å². The van der Waals surface area contributed by atoms with Crippen molar-refractivity contribution in [2.75, 3.05) is 23.3 Å². The van der Waals surface area contributed by atoms with Crippen LogP contribution in [0.1, 0.15) is 35.2 Å². The number of benzene rings is 1. The second-order valence-corrected chi connectivity index (χ2v) is 11.4. The summed E-state index contributed by atoms with van der Waals surface area (Å²) in [6.45, 7) is 0.950. The number of fused-ring (bicyclic) bond motifs is 1. The van der Waals surface area contributed by atoms with Gasteiger partial charge >= 0.3 is 0 Å². The molecule has 1 unspecified atom stereocenters. The van der Waals surface area contributed by atoms with Crippen LogP contribution in [0.2, 0.25) is 0 Å². The molecule has 1 aliphatic carbocycles. The molecule has 1 atom stereocenters. The van der Waals surface area contributed by atoms with E-state index in [0.29, 0.717) is 72.0 Å². The molecule has 1 aromatic carbocycles. The van der Waals surface area contributed by atoms with E-state index in [2.05, 4.69) is 25.1 Å². The Balaban J connectivity index is 1.38. The van der Waals surface area contributed by atoms with E-state index in [1.165, 1.54) is 24.3 Å². The minimum Gasteiger partial charge on any atom is -0.354 e. The van der Waals surface area contributed by atoms with E-state index in [9.17, 15) is 17.6 Å². The summed E-state index contributed by atoms with van der Waals surface area (Å²) in [4.78, 5) is 27.7. The summed E-state index contributed by atoms with van der Waals surface area (Å²) in [6, 6.07) is 5.10. The highest BCUT2D eigenvalue weighted by Crippen LogP contribution is 2.33. The lowest BCUT2D eigenvalue weighted by molar-refractivity contribution is 0.104. The van der Waals surface area contributed by atoms with Gasteiger partial charge in [0, 0.05) is 44.1 Å². The predicted octanol–water partition coefficient (Wildman–Crippen LogP) is 2.47. The van der Waals surface area contributed by atoms with Gasteiger partial charge in [0.05, 0.1) is 28.1 Å². The Kier molecular flexibility index (Phi) is 5.68. The van der Waals surface area contributed by atoms with Gasteiger partial charge in [0.15, 0.2) is 5.78 Å². The molecule has 1 saturated heterocycles. The number of carbonyl (C=O) groups excluding carboxylic acids is 1. The topological polar surface area (TPSA) is 138 Å². The molecule has 1 saturated carbocycles. The molecule has 4 aromatic rings. The highest BCUT2D eigenvalue weighted by molar-refractivity contribution is 7.90. The van der Waals surface area contributed by atoms with E-state index < -0.39 is 15.8 Å². The molecular weight excluding hydrogens is 499 g/mol. The van der Waals surface area contributed by atoms with Crippen molar-refractivity contribution in [2.45, 2.75) is 30.6 Å². The molecule has 1 aliphatic heterocycles. The number of halogens is 1. The lowest BCUT2D eigenvalue weighted by atomic mass is 10.0. The number of nitrogens with one attached hydrogen (secondary N) is 3. The van der Waals surface area contributed by atoms with Crippen molar-refractivity contribution >= 4 is 44.3 Å². The third kappa shape index (κ3) is 4.67. The zero-order valence-electron chi connectivity index (χ0n) is 20.0. The van der Waals surface area contributed by atoms with Crippen LogP contribution in [0, 0.1) is 5.82 Å². The second-order valence-electron chi connectivity index (χ2n) is 9.45. The van der Waals surface area contributed by atoms with Crippen molar-refractivity contribution < 1.29 is 17.6 Å². The lowest BCUT2D eigenvalue weighted by Crippen LogP contribution is -2.39. The van der Waals surface area contributed by atoms with Gasteiger partial charge in [-0.15, -0.1) is 0 Å². The second kappa shape index (κ2) is 8.92. The summed E-state index contributed by atoms with van der Waals surface area (Å²) >= 11 is 0. The Morgan fingerprint density at radius 1 is 1.16 bits per heavy atom.